The average Bonchev–Trinajstić information content (AvgIpc) is 2.54. The van der Waals surface area contributed by atoms with Gasteiger partial charge in [-0.25, -0.2) is 0 Å². The van der Waals surface area contributed by atoms with Gasteiger partial charge in [0, 0.05) is 32.7 Å². The quantitative estimate of drug-likeness (QED) is 0.830. The first-order valence-corrected chi connectivity index (χ1v) is 6.97. The van der Waals surface area contributed by atoms with Gasteiger partial charge in [0.1, 0.15) is 11.8 Å². The number of β-amino-alcohol motifs (C(OH)–C–C–N with tert-alkyl or cyclic N) is 1. The van der Waals surface area contributed by atoms with Crippen molar-refractivity contribution < 1.29 is 14.6 Å². The summed E-state index contributed by atoms with van der Waals surface area (Å²) in [6.45, 7) is 3.54. The highest BCUT2D eigenvalue weighted by Gasteiger charge is 2.21. The van der Waals surface area contributed by atoms with Crippen LogP contribution in [0.25, 0.3) is 0 Å². The van der Waals surface area contributed by atoms with Crippen LogP contribution in [0, 0.1) is 11.3 Å². The number of aliphatic hydroxyl groups excluding tert-OH is 1. The van der Waals surface area contributed by atoms with E-state index >= 15 is 0 Å². The van der Waals surface area contributed by atoms with Gasteiger partial charge in [-0.1, -0.05) is 12.1 Å². The van der Waals surface area contributed by atoms with E-state index in [2.05, 4.69) is 4.90 Å². The van der Waals surface area contributed by atoms with Crippen molar-refractivity contribution in [2.24, 2.45) is 0 Å². The van der Waals surface area contributed by atoms with Crippen molar-refractivity contribution in [3.05, 3.63) is 29.8 Å². The third-order valence-electron chi connectivity index (χ3n) is 3.50. The Kier molecular flexibility index (Phi) is 5.55. The maximum atomic E-state index is 12.1. The molecular weight excluding hydrogens is 270 g/mol. The van der Waals surface area contributed by atoms with E-state index in [1.54, 1.807) is 29.2 Å². The lowest BCUT2D eigenvalue weighted by atomic mass is 10.2. The van der Waals surface area contributed by atoms with Gasteiger partial charge in [-0.15, -0.1) is 0 Å². The van der Waals surface area contributed by atoms with Gasteiger partial charge >= 0.3 is 0 Å². The number of hydrogen-bond donors (Lipinski definition) is 1. The van der Waals surface area contributed by atoms with Crippen LogP contribution >= 0.6 is 0 Å². The van der Waals surface area contributed by atoms with E-state index in [1.807, 2.05) is 6.07 Å². The van der Waals surface area contributed by atoms with E-state index in [0.717, 1.165) is 13.1 Å². The Morgan fingerprint density at radius 1 is 1.29 bits per heavy atom. The number of carbonyl (C=O) groups is 1. The molecule has 1 saturated heterocycles. The smallest absolute Gasteiger partial charge is 0.260 e. The summed E-state index contributed by atoms with van der Waals surface area (Å²) in [7, 11) is 0. The molecule has 6 heteroatoms. The lowest BCUT2D eigenvalue weighted by molar-refractivity contribution is -0.135. The van der Waals surface area contributed by atoms with Gasteiger partial charge in [-0.05, 0) is 12.1 Å². The summed E-state index contributed by atoms with van der Waals surface area (Å²) in [5.74, 6) is 0.360. The standard InChI is InChI=1S/C15H19N3O3/c16-11-13-3-1-2-4-14(13)21-12-15(20)18-7-5-17(6-8-18)9-10-19/h1-4,19H,5-10,12H2. The molecule has 0 aromatic heterocycles. The number of hydrogen-bond acceptors (Lipinski definition) is 5. The molecule has 21 heavy (non-hydrogen) atoms. The minimum atomic E-state index is -0.0774. The number of ether oxygens (including phenoxy) is 1. The van der Waals surface area contributed by atoms with Crippen LogP contribution in [0.4, 0.5) is 0 Å². The molecule has 0 unspecified atom stereocenters. The second-order valence-electron chi connectivity index (χ2n) is 4.84. The molecule has 1 aromatic rings. The molecule has 1 N–H and O–H groups in total. The number of piperazine rings is 1. The zero-order chi connectivity index (χ0) is 15.1. The van der Waals surface area contributed by atoms with Gasteiger partial charge in [0.2, 0.25) is 0 Å². The highest BCUT2D eigenvalue weighted by atomic mass is 16.5. The molecular formula is C15H19N3O3. The number of rotatable bonds is 5. The fourth-order valence-electron chi connectivity index (χ4n) is 2.28. The van der Waals surface area contributed by atoms with E-state index in [4.69, 9.17) is 15.1 Å². The third-order valence-corrected chi connectivity index (χ3v) is 3.50. The fourth-order valence-corrected chi connectivity index (χ4v) is 2.28. The van der Waals surface area contributed by atoms with Crippen molar-refractivity contribution in [1.82, 2.24) is 9.80 Å². The summed E-state index contributed by atoms with van der Waals surface area (Å²) in [5, 5.41) is 17.8. The van der Waals surface area contributed by atoms with Crippen molar-refractivity contribution in [2.75, 3.05) is 45.9 Å². The lowest BCUT2D eigenvalue weighted by Crippen LogP contribution is -2.50. The Labute approximate surface area is 124 Å². The average molecular weight is 289 g/mol. The number of amides is 1. The van der Waals surface area contributed by atoms with Crippen molar-refractivity contribution in [1.29, 1.82) is 5.26 Å². The highest BCUT2D eigenvalue weighted by molar-refractivity contribution is 5.78. The number of nitrogens with zero attached hydrogens (tertiary/aromatic N) is 3. The van der Waals surface area contributed by atoms with Crippen LogP contribution in [0.1, 0.15) is 5.56 Å². The van der Waals surface area contributed by atoms with Crippen molar-refractivity contribution in [3.8, 4) is 11.8 Å². The predicted octanol–water partition coefficient (Wildman–Crippen LogP) is 0.0736. The Balaban J connectivity index is 1.82. The van der Waals surface area contributed by atoms with Gasteiger partial charge in [0.25, 0.3) is 5.91 Å². The molecule has 0 bridgehead atoms. The van der Waals surface area contributed by atoms with Crippen molar-refractivity contribution in [2.45, 2.75) is 0 Å². The molecule has 2 rings (SSSR count). The molecule has 0 saturated carbocycles. The summed E-state index contributed by atoms with van der Waals surface area (Å²) in [6.07, 6.45) is 0. The first kappa shape index (κ1) is 15.3. The van der Waals surface area contributed by atoms with E-state index < -0.39 is 0 Å². The van der Waals surface area contributed by atoms with Crippen molar-refractivity contribution >= 4 is 5.91 Å². The molecule has 6 nitrogen and oxygen atoms in total. The van der Waals surface area contributed by atoms with Gasteiger partial charge in [-0.3, -0.25) is 9.69 Å². The molecule has 1 aromatic carbocycles. The third kappa shape index (κ3) is 4.18. The molecule has 0 spiro atoms. The Morgan fingerprint density at radius 3 is 2.67 bits per heavy atom. The summed E-state index contributed by atoms with van der Waals surface area (Å²) in [5.41, 5.74) is 0.429. The summed E-state index contributed by atoms with van der Waals surface area (Å²) >= 11 is 0. The minimum absolute atomic E-state index is 0.0569. The molecule has 0 atom stereocenters. The first-order chi connectivity index (χ1) is 10.2. The summed E-state index contributed by atoms with van der Waals surface area (Å²) < 4.78 is 5.45. The van der Waals surface area contributed by atoms with Gasteiger partial charge in [0.15, 0.2) is 6.61 Å². The van der Waals surface area contributed by atoms with E-state index in [-0.39, 0.29) is 19.1 Å². The van der Waals surface area contributed by atoms with Gasteiger partial charge < -0.3 is 14.7 Å². The maximum Gasteiger partial charge on any atom is 0.260 e. The molecule has 1 aliphatic rings. The van der Waals surface area contributed by atoms with Crippen molar-refractivity contribution in [3.63, 3.8) is 0 Å². The predicted molar refractivity (Wildman–Crippen MR) is 76.8 cm³/mol. The lowest BCUT2D eigenvalue weighted by Gasteiger charge is -2.34. The van der Waals surface area contributed by atoms with Gasteiger partial charge in [0.05, 0.1) is 12.2 Å². The molecule has 1 amide bonds. The highest BCUT2D eigenvalue weighted by Crippen LogP contribution is 2.16. The zero-order valence-electron chi connectivity index (χ0n) is 11.9. The van der Waals surface area contributed by atoms with Crippen LogP contribution in [0.15, 0.2) is 24.3 Å². The molecule has 1 aliphatic heterocycles. The van der Waals surface area contributed by atoms with Crippen LogP contribution in [0.2, 0.25) is 0 Å². The topological polar surface area (TPSA) is 76.8 Å². The minimum Gasteiger partial charge on any atom is -0.482 e. The second kappa shape index (κ2) is 7.62. The zero-order valence-corrected chi connectivity index (χ0v) is 11.9. The number of benzene rings is 1. The monoisotopic (exact) mass is 289 g/mol. The SMILES string of the molecule is N#Cc1ccccc1OCC(=O)N1CCN(CCO)CC1. The normalized spacial score (nSPS) is 15.5. The molecule has 1 fully saturated rings. The van der Waals surface area contributed by atoms with E-state index in [0.29, 0.717) is 30.9 Å². The number of aliphatic hydroxyl groups is 1. The fraction of sp³-hybridized carbons (Fsp3) is 0.467. The van der Waals surface area contributed by atoms with Crippen LogP contribution in [0.5, 0.6) is 5.75 Å². The molecule has 0 radical (unpaired) electrons. The summed E-state index contributed by atoms with van der Waals surface area (Å²) in [6, 6.07) is 8.91. The maximum absolute atomic E-state index is 12.1. The van der Waals surface area contributed by atoms with E-state index in [1.165, 1.54) is 0 Å². The Morgan fingerprint density at radius 2 is 2.00 bits per heavy atom. The first-order valence-electron chi connectivity index (χ1n) is 6.97. The summed E-state index contributed by atoms with van der Waals surface area (Å²) in [4.78, 5) is 16.0. The Bertz CT molecular complexity index is 519. The van der Waals surface area contributed by atoms with Gasteiger partial charge in [-0.2, -0.15) is 5.26 Å². The largest absolute Gasteiger partial charge is 0.482 e. The number of carbonyl (C=O) groups excluding carboxylic acids is 1. The molecule has 0 aliphatic carbocycles. The molecule has 112 valence electrons. The van der Waals surface area contributed by atoms with Crippen LogP contribution in [-0.4, -0.2) is 66.8 Å². The van der Waals surface area contributed by atoms with Crippen LogP contribution < -0.4 is 4.74 Å². The molecule has 1 heterocycles. The van der Waals surface area contributed by atoms with Crippen LogP contribution in [0.3, 0.4) is 0 Å². The second-order valence-corrected chi connectivity index (χ2v) is 4.84. The number of para-hydroxylation sites is 1. The number of nitriles is 1. The Hall–Kier alpha value is -2.10. The van der Waals surface area contributed by atoms with Crippen LogP contribution in [-0.2, 0) is 4.79 Å². The van der Waals surface area contributed by atoms with E-state index in [9.17, 15) is 4.79 Å².